The number of carbonyl (C=O) groups excluding carboxylic acids is 2. The Morgan fingerprint density at radius 1 is 0.926 bits per heavy atom. The third-order valence-corrected chi connectivity index (χ3v) is 3.54. The molecule has 27 heavy (non-hydrogen) atoms. The predicted octanol–water partition coefficient (Wildman–Crippen LogP) is 3.66. The van der Waals surface area contributed by atoms with Crippen molar-refractivity contribution in [3.05, 3.63) is 54.1 Å². The van der Waals surface area contributed by atoms with Gasteiger partial charge in [0, 0.05) is 22.5 Å². The number of hydrogen-bond acceptors (Lipinski definition) is 4. The van der Waals surface area contributed by atoms with Crippen LogP contribution in [0.4, 0.5) is 11.4 Å². The number of hydrogen-bond donors (Lipinski definition) is 3. The van der Waals surface area contributed by atoms with Gasteiger partial charge in [-0.2, -0.15) is 0 Å². The van der Waals surface area contributed by atoms with Crippen LogP contribution in [-0.2, 0) is 4.79 Å². The molecule has 0 heterocycles. The molecule has 144 valence electrons. The number of amides is 2. The zero-order chi connectivity index (χ0) is 19.9. The summed E-state index contributed by atoms with van der Waals surface area (Å²) in [7, 11) is 0. The lowest BCUT2D eigenvalue weighted by atomic mass is 10.1. The van der Waals surface area contributed by atoms with Gasteiger partial charge in [-0.05, 0) is 76.2 Å². The van der Waals surface area contributed by atoms with Gasteiger partial charge in [-0.25, -0.2) is 0 Å². The first-order chi connectivity index (χ1) is 12.8. The summed E-state index contributed by atoms with van der Waals surface area (Å²) in [6.45, 7) is 8.45. The molecule has 2 aromatic rings. The summed E-state index contributed by atoms with van der Waals surface area (Å²) in [5, 5.41) is 8.77. The maximum absolute atomic E-state index is 12.1. The number of nitrogens with one attached hydrogen (secondary N) is 3. The van der Waals surface area contributed by atoms with E-state index in [4.69, 9.17) is 4.74 Å². The second-order valence-electron chi connectivity index (χ2n) is 7.14. The van der Waals surface area contributed by atoms with Crippen LogP contribution < -0.4 is 20.7 Å². The highest BCUT2D eigenvalue weighted by atomic mass is 16.5. The minimum Gasteiger partial charge on any atom is -0.494 e. The van der Waals surface area contributed by atoms with Gasteiger partial charge in [0.05, 0.1) is 13.2 Å². The Morgan fingerprint density at radius 3 is 2.07 bits per heavy atom. The summed E-state index contributed by atoms with van der Waals surface area (Å²) < 4.78 is 5.37. The smallest absolute Gasteiger partial charge is 0.251 e. The summed E-state index contributed by atoms with van der Waals surface area (Å²) in [5.41, 5.74) is 1.77. The molecule has 0 fully saturated rings. The molecule has 6 nitrogen and oxygen atoms in total. The Morgan fingerprint density at radius 2 is 1.52 bits per heavy atom. The molecule has 3 N–H and O–H groups in total. The van der Waals surface area contributed by atoms with E-state index in [-0.39, 0.29) is 23.9 Å². The molecule has 0 unspecified atom stereocenters. The zero-order valence-corrected chi connectivity index (χ0v) is 16.3. The Hall–Kier alpha value is -3.02. The van der Waals surface area contributed by atoms with Crippen molar-refractivity contribution in [3.8, 4) is 5.75 Å². The van der Waals surface area contributed by atoms with Crippen LogP contribution in [0.25, 0.3) is 0 Å². The van der Waals surface area contributed by atoms with Gasteiger partial charge in [-0.3, -0.25) is 9.59 Å². The molecule has 0 aliphatic carbocycles. The van der Waals surface area contributed by atoms with Gasteiger partial charge in [-0.1, -0.05) is 0 Å². The van der Waals surface area contributed by atoms with E-state index in [1.807, 2.05) is 39.8 Å². The Kier molecular flexibility index (Phi) is 6.82. The average Bonchev–Trinajstić information content (AvgIpc) is 2.61. The van der Waals surface area contributed by atoms with Crippen molar-refractivity contribution in [3.63, 3.8) is 0 Å². The van der Waals surface area contributed by atoms with Gasteiger partial charge in [0.2, 0.25) is 5.91 Å². The molecule has 2 amide bonds. The van der Waals surface area contributed by atoms with E-state index >= 15 is 0 Å². The van der Waals surface area contributed by atoms with E-state index in [1.165, 1.54) is 0 Å². The molecule has 0 saturated heterocycles. The van der Waals surface area contributed by atoms with Crippen molar-refractivity contribution in [1.29, 1.82) is 0 Å². The molecule has 2 rings (SSSR count). The summed E-state index contributed by atoms with van der Waals surface area (Å²) in [5.74, 6) is 0.486. The molecule has 0 saturated carbocycles. The van der Waals surface area contributed by atoms with Crippen LogP contribution in [0.2, 0.25) is 0 Å². The molecule has 0 atom stereocenters. The van der Waals surface area contributed by atoms with Gasteiger partial charge in [0.25, 0.3) is 5.91 Å². The Balaban J connectivity index is 1.83. The van der Waals surface area contributed by atoms with Gasteiger partial charge in [0.1, 0.15) is 5.75 Å². The maximum atomic E-state index is 12.1. The Bertz CT molecular complexity index is 763. The fourth-order valence-electron chi connectivity index (χ4n) is 2.34. The third kappa shape index (κ3) is 7.01. The monoisotopic (exact) mass is 369 g/mol. The molecule has 2 aromatic carbocycles. The first-order valence-corrected chi connectivity index (χ1v) is 8.96. The Labute approximate surface area is 160 Å². The normalized spacial score (nSPS) is 10.8. The second kappa shape index (κ2) is 9.07. The van der Waals surface area contributed by atoms with Gasteiger partial charge < -0.3 is 20.7 Å². The first kappa shape index (κ1) is 20.3. The molecule has 0 aliphatic heterocycles. The van der Waals surface area contributed by atoms with Crippen LogP contribution in [0.15, 0.2) is 48.5 Å². The quantitative estimate of drug-likeness (QED) is 0.696. The summed E-state index contributed by atoms with van der Waals surface area (Å²) in [4.78, 5) is 24.2. The van der Waals surface area contributed by atoms with Crippen molar-refractivity contribution in [1.82, 2.24) is 5.32 Å². The molecular formula is C21H27N3O3. The maximum Gasteiger partial charge on any atom is 0.251 e. The lowest BCUT2D eigenvalue weighted by molar-refractivity contribution is -0.114. The first-order valence-electron chi connectivity index (χ1n) is 8.96. The minimum atomic E-state index is -0.285. The number of rotatable bonds is 7. The standard InChI is InChI=1S/C21H27N3O3/c1-5-27-18-12-10-17(11-13-18)23-19(25)14-22-16-8-6-15(7-9-16)20(26)24-21(2,3)4/h6-13,22H,5,14H2,1-4H3,(H,23,25)(H,24,26). The number of benzene rings is 2. The van der Waals surface area contributed by atoms with E-state index in [9.17, 15) is 9.59 Å². The molecule has 0 bridgehead atoms. The van der Waals surface area contributed by atoms with Crippen molar-refractivity contribution in [2.24, 2.45) is 0 Å². The highest BCUT2D eigenvalue weighted by Gasteiger charge is 2.15. The largest absolute Gasteiger partial charge is 0.494 e. The van der Waals surface area contributed by atoms with Crippen LogP contribution in [0, 0.1) is 0 Å². The fraction of sp³-hybridized carbons (Fsp3) is 0.333. The molecule has 0 aromatic heterocycles. The van der Waals surface area contributed by atoms with E-state index < -0.39 is 0 Å². The van der Waals surface area contributed by atoms with Crippen molar-refractivity contribution < 1.29 is 14.3 Å². The van der Waals surface area contributed by atoms with Crippen LogP contribution in [0.1, 0.15) is 38.1 Å². The highest BCUT2D eigenvalue weighted by Crippen LogP contribution is 2.16. The van der Waals surface area contributed by atoms with Gasteiger partial charge >= 0.3 is 0 Å². The van der Waals surface area contributed by atoms with E-state index in [1.54, 1.807) is 36.4 Å². The SMILES string of the molecule is CCOc1ccc(NC(=O)CNc2ccc(C(=O)NC(C)(C)C)cc2)cc1. The summed E-state index contributed by atoms with van der Waals surface area (Å²) >= 11 is 0. The molecule has 0 radical (unpaired) electrons. The molecular weight excluding hydrogens is 342 g/mol. The van der Waals surface area contributed by atoms with E-state index in [0.717, 1.165) is 11.4 Å². The van der Waals surface area contributed by atoms with Crippen LogP contribution in [0.3, 0.4) is 0 Å². The summed E-state index contributed by atoms with van der Waals surface area (Å²) in [6, 6.07) is 14.2. The van der Waals surface area contributed by atoms with Gasteiger partial charge in [0.15, 0.2) is 0 Å². The highest BCUT2D eigenvalue weighted by molar-refractivity contribution is 5.95. The average molecular weight is 369 g/mol. The van der Waals surface area contributed by atoms with Crippen molar-refractivity contribution in [2.45, 2.75) is 33.2 Å². The lowest BCUT2D eigenvalue weighted by Gasteiger charge is -2.20. The number of anilines is 2. The topological polar surface area (TPSA) is 79.5 Å². The van der Waals surface area contributed by atoms with Crippen molar-refractivity contribution in [2.75, 3.05) is 23.8 Å². The minimum absolute atomic E-state index is 0.123. The molecule has 6 heteroatoms. The van der Waals surface area contributed by atoms with Gasteiger partial charge in [-0.15, -0.1) is 0 Å². The van der Waals surface area contributed by atoms with Crippen LogP contribution >= 0.6 is 0 Å². The van der Waals surface area contributed by atoms with Crippen molar-refractivity contribution >= 4 is 23.2 Å². The zero-order valence-electron chi connectivity index (χ0n) is 16.3. The fourth-order valence-corrected chi connectivity index (χ4v) is 2.34. The molecule has 0 spiro atoms. The molecule has 0 aliphatic rings. The van der Waals surface area contributed by atoms with E-state index in [0.29, 0.717) is 17.9 Å². The summed E-state index contributed by atoms with van der Waals surface area (Å²) in [6.07, 6.45) is 0. The lowest BCUT2D eigenvalue weighted by Crippen LogP contribution is -2.40. The van der Waals surface area contributed by atoms with Crippen LogP contribution in [-0.4, -0.2) is 30.5 Å². The second-order valence-corrected chi connectivity index (χ2v) is 7.14. The number of ether oxygens (including phenoxy) is 1. The third-order valence-electron chi connectivity index (χ3n) is 3.54. The predicted molar refractivity (Wildman–Crippen MR) is 108 cm³/mol. The van der Waals surface area contributed by atoms with Crippen LogP contribution in [0.5, 0.6) is 5.75 Å². The number of carbonyl (C=O) groups is 2. The van der Waals surface area contributed by atoms with E-state index in [2.05, 4.69) is 16.0 Å².